The number of hydrogen-bond donors (Lipinski definition) is 0. The molecule has 9 heteroatoms. The third-order valence-corrected chi connectivity index (χ3v) is 9.15. The van der Waals surface area contributed by atoms with Crippen LogP contribution in [0.15, 0.2) is 16.5 Å². The number of ether oxygens (including phenoxy) is 1. The molecule has 5 rings (SSSR count). The topological polar surface area (TPSA) is 80.1 Å². The van der Waals surface area contributed by atoms with Crippen LogP contribution in [0.25, 0.3) is 11.0 Å². The SMILES string of the molecule is CC(C)c1c(C(=O)N2CC[SH4]C(=O)C2=O)oc2cc(OC3CCN(C4CCC4)CC3)c(Cl)cc12. The zero-order valence-corrected chi connectivity index (χ0v) is 21.9. The van der Waals surface area contributed by atoms with E-state index in [0.717, 1.165) is 42.3 Å². The molecule has 7 nitrogen and oxygen atoms in total. The molecule has 2 aromatic rings. The Kier molecular flexibility index (Phi) is 6.66. The number of carbonyl (C=O) groups is 3. The first-order valence-electron chi connectivity index (χ1n) is 12.4. The molecule has 1 aromatic heterocycles. The van der Waals surface area contributed by atoms with Gasteiger partial charge in [0, 0.05) is 42.7 Å². The zero-order chi connectivity index (χ0) is 24.0. The van der Waals surface area contributed by atoms with Gasteiger partial charge in [0.15, 0.2) is 5.76 Å². The third-order valence-electron chi connectivity index (χ3n) is 7.43. The van der Waals surface area contributed by atoms with Crippen LogP contribution >= 0.6 is 23.4 Å². The molecule has 1 aromatic carbocycles. The average Bonchev–Trinajstić information content (AvgIpc) is 3.14. The fourth-order valence-electron chi connectivity index (χ4n) is 5.30. The second kappa shape index (κ2) is 9.55. The highest BCUT2D eigenvalue weighted by Crippen LogP contribution is 2.39. The summed E-state index contributed by atoms with van der Waals surface area (Å²) in [6.07, 6.45) is 5.97. The van der Waals surface area contributed by atoms with E-state index in [1.165, 1.54) is 19.3 Å². The number of hydrogen-bond acceptors (Lipinski definition) is 6. The van der Waals surface area contributed by atoms with Crippen LogP contribution in [-0.2, 0) is 9.59 Å². The van der Waals surface area contributed by atoms with E-state index in [1.54, 1.807) is 12.1 Å². The molecule has 34 heavy (non-hydrogen) atoms. The smallest absolute Gasteiger partial charge is 0.304 e. The van der Waals surface area contributed by atoms with Crippen molar-refractivity contribution in [3.63, 3.8) is 0 Å². The van der Waals surface area contributed by atoms with Crippen LogP contribution in [0.1, 0.15) is 68.0 Å². The number of furan rings is 1. The summed E-state index contributed by atoms with van der Waals surface area (Å²) in [5, 5.41) is 0.815. The number of amides is 2. The molecule has 0 radical (unpaired) electrons. The van der Waals surface area contributed by atoms with Crippen molar-refractivity contribution < 1.29 is 23.5 Å². The summed E-state index contributed by atoms with van der Waals surface area (Å²) in [7, 11) is 0. The number of rotatable bonds is 5. The van der Waals surface area contributed by atoms with Gasteiger partial charge < -0.3 is 14.1 Å². The molecule has 3 aliphatic rings. The van der Waals surface area contributed by atoms with Gasteiger partial charge in [-0.3, -0.25) is 19.3 Å². The first-order chi connectivity index (χ1) is 16.3. The zero-order valence-electron chi connectivity index (χ0n) is 19.8. The van der Waals surface area contributed by atoms with E-state index < -0.39 is 28.7 Å². The predicted molar refractivity (Wildman–Crippen MR) is 137 cm³/mol. The number of carbonyl (C=O) groups excluding carboxylic acids is 3. The number of imide groups is 1. The van der Waals surface area contributed by atoms with Crippen molar-refractivity contribution in [3.8, 4) is 5.75 Å². The van der Waals surface area contributed by atoms with Gasteiger partial charge in [0.2, 0.25) is 5.12 Å². The summed E-state index contributed by atoms with van der Waals surface area (Å²) in [6, 6.07) is 4.30. The van der Waals surface area contributed by atoms with Gasteiger partial charge in [0.25, 0.3) is 5.91 Å². The van der Waals surface area contributed by atoms with E-state index in [0.29, 0.717) is 27.7 Å². The Bertz CT molecular complexity index is 1130. The summed E-state index contributed by atoms with van der Waals surface area (Å²) >= 11 is 5.54. The van der Waals surface area contributed by atoms with Crippen molar-refractivity contribution >= 4 is 51.3 Å². The number of halogens is 1. The van der Waals surface area contributed by atoms with Crippen molar-refractivity contribution in [2.24, 2.45) is 0 Å². The fourth-order valence-corrected chi connectivity index (χ4v) is 6.71. The van der Waals surface area contributed by atoms with Crippen molar-refractivity contribution in [2.75, 3.05) is 25.4 Å². The Morgan fingerprint density at radius 2 is 1.88 bits per heavy atom. The standard InChI is InChI=1S/C25H33ClN2O5S/c1-14(2)21-17-12-18(26)20(32-16-6-8-27(9-7-16)15-4-3-5-15)13-19(17)33-22(21)23(29)28-10-11-34-25(31)24(28)30/h12-16H,3-11H2,1-2H3,34H4. The van der Waals surface area contributed by atoms with Gasteiger partial charge in [-0.1, -0.05) is 31.9 Å². The summed E-state index contributed by atoms with van der Waals surface area (Å²) < 4.78 is 12.3. The second-order valence-corrected chi connectivity index (χ2v) is 12.3. The van der Waals surface area contributed by atoms with Crippen molar-refractivity contribution in [2.45, 2.75) is 64.0 Å². The fraction of sp³-hybridized carbons (Fsp3) is 0.560. The minimum absolute atomic E-state index is 0.0381. The van der Waals surface area contributed by atoms with Crippen molar-refractivity contribution in [1.82, 2.24) is 9.80 Å². The van der Waals surface area contributed by atoms with Gasteiger partial charge in [-0.25, -0.2) is 11.8 Å². The van der Waals surface area contributed by atoms with Gasteiger partial charge in [0.1, 0.15) is 17.4 Å². The van der Waals surface area contributed by atoms with Gasteiger partial charge in [-0.2, -0.15) is 0 Å². The Hall–Kier alpha value is -2.03. The first kappa shape index (κ1) is 23.7. The number of fused-ring (bicyclic) bond motifs is 1. The van der Waals surface area contributed by atoms with E-state index in [1.807, 2.05) is 13.8 Å². The molecule has 0 spiro atoms. The van der Waals surface area contributed by atoms with Gasteiger partial charge in [-0.15, -0.1) is 0 Å². The van der Waals surface area contributed by atoms with Gasteiger partial charge >= 0.3 is 5.91 Å². The molecule has 0 N–H and O–H groups in total. The quantitative estimate of drug-likeness (QED) is 0.451. The second-order valence-electron chi connectivity index (χ2n) is 10.0. The van der Waals surface area contributed by atoms with Crippen LogP contribution in [0.4, 0.5) is 0 Å². The van der Waals surface area contributed by atoms with Gasteiger partial charge in [0.05, 0.1) is 5.02 Å². The molecule has 1 saturated carbocycles. The molecular formula is C25H33ClN2O5S. The van der Waals surface area contributed by atoms with E-state index in [2.05, 4.69) is 4.90 Å². The molecule has 0 bridgehead atoms. The molecule has 2 amide bonds. The lowest BCUT2D eigenvalue weighted by Crippen LogP contribution is -2.46. The maximum atomic E-state index is 13.3. The summed E-state index contributed by atoms with van der Waals surface area (Å²) in [5.41, 5.74) is 1.20. The van der Waals surface area contributed by atoms with Crippen molar-refractivity contribution in [3.05, 3.63) is 28.5 Å². The molecule has 1 aliphatic carbocycles. The van der Waals surface area contributed by atoms with Crippen LogP contribution in [-0.4, -0.2) is 64.3 Å². The number of piperidine rings is 1. The Balaban J connectivity index is 1.40. The monoisotopic (exact) mass is 508 g/mol. The van der Waals surface area contributed by atoms with Crippen LogP contribution < -0.4 is 4.74 Å². The largest absolute Gasteiger partial charge is 0.489 e. The normalized spacial score (nSPS) is 21.1. The highest BCUT2D eigenvalue weighted by Gasteiger charge is 2.35. The summed E-state index contributed by atoms with van der Waals surface area (Å²) in [5.74, 6) is -0.0193. The first-order valence-corrected chi connectivity index (χ1v) is 14.5. The third kappa shape index (κ3) is 4.36. The Morgan fingerprint density at radius 3 is 2.53 bits per heavy atom. The lowest BCUT2D eigenvalue weighted by molar-refractivity contribution is -0.138. The molecule has 186 valence electrons. The van der Waals surface area contributed by atoms with E-state index >= 15 is 0 Å². The lowest BCUT2D eigenvalue weighted by Gasteiger charge is -2.41. The van der Waals surface area contributed by atoms with Crippen molar-refractivity contribution in [1.29, 1.82) is 0 Å². The van der Waals surface area contributed by atoms with Gasteiger partial charge in [-0.05, 0) is 43.4 Å². The number of likely N-dealkylation sites (tertiary alicyclic amines) is 1. The highest BCUT2D eigenvalue weighted by atomic mass is 35.5. The maximum absolute atomic E-state index is 13.3. The Morgan fingerprint density at radius 1 is 1.15 bits per heavy atom. The summed E-state index contributed by atoms with van der Waals surface area (Å²) in [6.45, 7) is 6.28. The predicted octanol–water partition coefficient (Wildman–Crippen LogP) is 3.78. The molecular weight excluding hydrogens is 476 g/mol. The van der Waals surface area contributed by atoms with Crippen LogP contribution in [0.5, 0.6) is 5.75 Å². The average molecular weight is 509 g/mol. The Labute approximate surface area is 208 Å². The lowest BCUT2D eigenvalue weighted by atomic mass is 9.90. The van der Waals surface area contributed by atoms with Crippen LogP contribution in [0.2, 0.25) is 5.02 Å². The molecule has 0 unspecified atom stereocenters. The summed E-state index contributed by atoms with van der Waals surface area (Å²) in [4.78, 5) is 41.2. The van der Waals surface area contributed by atoms with Crippen LogP contribution in [0, 0.1) is 0 Å². The number of benzene rings is 1. The molecule has 2 saturated heterocycles. The van der Waals surface area contributed by atoms with E-state index in [-0.39, 0.29) is 24.3 Å². The van der Waals surface area contributed by atoms with E-state index in [9.17, 15) is 14.4 Å². The molecule has 0 atom stereocenters. The molecule has 2 aliphatic heterocycles. The van der Waals surface area contributed by atoms with Crippen LogP contribution in [0.3, 0.4) is 0 Å². The molecule has 3 fully saturated rings. The van der Waals surface area contributed by atoms with E-state index in [4.69, 9.17) is 20.8 Å². The highest BCUT2D eigenvalue weighted by molar-refractivity contribution is 8.15. The maximum Gasteiger partial charge on any atom is 0.304 e. The minimum Gasteiger partial charge on any atom is -0.489 e. The number of nitrogens with zero attached hydrogens (tertiary/aromatic N) is 2. The minimum atomic E-state index is -1.09. The molecule has 3 heterocycles.